The molecule has 0 aliphatic carbocycles. The van der Waals surface area contributed by atoms with Gasteiger partial charge in [-0.15, -0.1) is 0 Å². The predicted molar refractivity (Wildman–Crippen MR) is 133 cm³/mol. The van der Waals surface area contributed by atoms with Gasteiger partial charge in [0.25, 0.3) is 0 Å². The van der Waals surface area contributed by atoms with E-state index >= 15 is 0 Å². The number of piperidine rings is 1. The Kier molecular flexibility index (Phi) is 5.73. The average Bonchev–Trinajstić information content (AvgIpc) is 2.87. The Morgan fingerprint density at radius 2 is 1.78 bits per heavy atom. The lowest BCUT2D eigenvalue weighted by molar-refractivity contribution is -0.00896. The third-order valence-corrected chi connectivity index (χ3v) is 6.89. The molecule has 9 heteroatoms. The zero-order chi connectivity index (χ0) is 24.8. The molecule has 4 aromatic rings. The minimum atomic E-state index is -0.661. The summed E-state index contributed by atoms with van der Waals surface area (Å²) in [7, 11) is 0. The number of halogens is 3. The van der Waals surface area contributed by atoms with Crippen molar-refractivity contribution in [3.63, 3.8) is 0 Å². The summed E-state index contributed by atoms with van der Waals surface area (Å²) in [4.78, 5) is 11.0. The van der Waals surface area contributed by atoms with Gasteiger partial charge >= 0.3 is 0 Å². The van der Waals surface area contributed by atoms with Crippen molar-refractivity contribution < 1.29 is 17.9 Å². The molecule has 0 spiro atoms. The number of ether oxygens (including phenoxy) is 1. The van der Waals surface area contributed by atoms with Gasteiger partial charge in [0.15, 0.2) is 0 Å². The summed E-state index contributed by atoms with van der Waals surface area (Å²) in [6.45, 7) is 2.79. The monoisotopic (exact) mass is 491 g/mol. The lowest BCUT2D eigenvalue weighted by Gasteiger charge is -2.43. The third-order valence-electron chi connectivity index (χ3n) is 6.89. The molecule has 2 aromatic heterocycles. The summed E-state index contributed by atoms with van der Waals surface area (Å²) in [5.74, 6) is -1.84. The number of morpholine rings is 1. The fraction of sp³-hybridized carbons (Fsp3) is 0.259. The van der Waals surface area contributed by atoms with Gasteiger partial charge in [-0.3, -0.25) is 9.97 Å². The lowest BCUT2D eigenvalue weighted by Crippen LogP contribution is -2.57. The van der Waals surface area contributed by atoms with Gasteiger partial charge in [0, 0.05) is 60.5 Å². The lowest BCUT2D eigenvalue weighted by atomic mass is 9.95. The van der Waals surface area contributed by atoms with E-state index in [-0.39, 0.29) is 17.8 Å². The number of hydrogen-bond acceptors (Lipinski definition) is 6. The maximum atomic E-state index is 14.2. The molecule has 2 unspecified atom stereocenters. The molecule has 184 valence electrons. The van der Waals surface area contributed by atoms with Crippen LogP contribution in [0.25, 0.3) is 33.3 Å². The van der Waals surface area contributed by atoms with Crippen molar-refractivity contribution in [1.82, 2.24) is 15.3 Å². The molecule has 2 atom stereocenters. The van der Waals surface area contributed by atoms with E-state index in [4.69, 9.17) is 10.5 Å². The van der Waals surface area contributed by atoms with Gasteiger partial charge in [-0.05, 0) is 36.2 Å². The Bertz CT molecular complexity index is 1440. The average molecular weight is 492 g/mol. The third kappa shape index (κ3) is 4.14. The first-order chi connectivity index (χ1) is 17.5. The zero-order valence-corrected chi connectivity index (χ0v) is 19.3. The normalized spacial score (nSPS) is 19.9. The van der Waals surface area contributed by atoms with Gasteiger partial charge in [0.1, 0.15) is 17.5 Å². The van der Waals surface area contributed by atoms with Crippen LogP contribution in [-0.4, -0.2) is 48.4 Å². The molecule has 6 nitrogen and oxygen atoms in total. The number of anilines is 2. The highest BCUT2D eigenvalue weighted by Crippen LogP contribution is 2.40. The Morgan fingerprint density at radius 3 is 2.58 bits per heavy atom. The van der Waals surface area contributed by atoms with Crippen LogP contribution in [0.1, 0.15) is 6.42 Å². The van der Waals surface area contributed by atoms with Crippen LogP contribution in [0.4, 0.5) is 24.5 Å². The number of nitrogen functional groups attached to an aromatic ring is 1. The number of rotatable bonds is 3. The molecular weight excluding hydrogens is 467 g/mol. The topological polar surface area (TPSA) is 76.3 Å². The van der Waals surface area contributed by atoms with Gasteiger partial charge in [0.05, 0.1) is 41.5 Å². The first kappa shape index (κ1) is 22.8. The van der Waals surface area contributed by atoms with E-state index in [0.29, 0.717) is 41.1 Å². The molecule has 2 fully saturated rings. The van der Waals surface area contributed by atoms with Crippen LogP contribution in [0.15, 0.2) is 54.9 Å². The van der Waals surface area contributed by atoms with E-state index in [1.54, 1.807) is 6.20 Å². The minimum Gasteiger partial charge on any atom is -0.397 e. The number of pyridine rings is 2. The maximum absolute atomic E-state index is 14.2. The molecule has 0 saturated carbocycles. The van der Waals surface area contributed by atoms with Crippen molar-refractivity contribution in [2.45, 2.75) is 18.6 Å². The number of benzene rings is 2. The summed E-state index contributed by atoms with van der Waals surface area (Å²) in [6, 6.07) is 10.5. The predicted octanol–water partition coefficient (Wildman–Crippen LogP) is 4.53. The highest BCUT2D eigenvalue weighted by Gasteiger charge is 2.33. The molecule has 3 N–H and O–H groups in total. The van der Waals surface area contributed by atoms with Crippen molar-refractivity contribution in [3.05, 3.63) is 72.3 Å². The highest BCUT2D eigenvalue weighted by molar-refractivity contribution is 6.02. The first-order valence-electron chi connectivity index (χ1n) is 11.9. The first-order valence-corrected chi connectivity index (χ1v) is 11.9. The largest absolute Gasteiger partial charge is 0.397 e. The Labute approximate surface area is 205 Å². The number of fused-ring (bicyclic) bond motifs is 2. The fourth-order valence-corrected chi connectivity index (χ4v) is 5.26. The molecule has 0 bridgehead atoms. The quantitative estimate of drug-likeness (QED) is 0.439. The Morgan fingerprint density at radius 1 is 0.944 bits per heavy atom. The van der Waals surface area contributed by atoms with E-state index in [1.807, 2.05) is 18.2 Å². The minimum absolute atomic E-state index is 0.00889. The number of aromatic nitrogens is 2. The summed E-state index contributed by atoms with van der Waals surface area (Å²) in [5, 5.41) is 4.30. The van der Waals surface area contributed by atoms with Crippen molar-refractivity contribution in [2.24, 2.45) is 0 Å². The number of nitrogens with one attached hydrogen (secondary N) is 1. The standard InChI is InChI=1S/C27H24F3N5O/c28-17-7-16(8-18(29)10-17)21-13-33-23-2-1-15(26-22(31)11-19(30)12-34-26)9-20(23)27(21)35-5-3-24-25(14-35)36-6-4-32-24/h1-2,7-13,24-25,32H,3-6,14,31H2. The molecule has 2 aliphatic heterocycles. The van der Waals surface area contributed by atoms with Crippen LogP contribution in [0.2, 0.25) is 0 Å². The van der Waals surface area contributed by atoms with Crippen molar-refractivity contribution in [1.29, 1.82) is 0 Å². The molecule has 0 amide bonds. The van der Waals surface area contributed by atoms with Crippen LogP contribution >= 0.6 is 0 Å². The number of hydrogen-bond donors (Lipinski definition) is 2. The second-order valence-electron chi connectivity index (χ2n) is 9.21. The zero-order valence-electron chi connectivity index (χ0n) is 19.3. The van der Waals surface area contributed by atoms with E-state index < -0.39 is 17.5 Å². The molecule has 2 saturated heterocycles. The van der Waals surface area contributed by atoms with E-state index in [9.17, 15) is 13.2 Å². The van der Waals surface area contributed by atoms with Gasteiger partial charge in [0.2, 0.25) is 0 Å². The van der Waals surface area contributed by atoms with E-state index in [1.165, 1.54) is 18.2 Å². The molecular formula is C27H24F3N5O. The molecule has 6 rings (SSSR count). The summed E-state index contributed by atoms with van der Waals surface area (Å²) < 4.78 is 48.1. The van der Waals surface area contributed by atoms with E-state index in [2.05, 4.69) is 20.2 Å². The van der Waals surface area contributed by atoms with Gasteiger partial charge in [-0.2, -0.15) is 0 Å². The summed E-state index contributed by atoms with van der Waals surface area (Å²) in [5.41, 5.74) is 9.95. The van der Waals surface area contributed by atoms with Crippen LogP contribution in [-0.2, 0) is 4.74 Å². The molecule has 4 heterocycles. The van der Waals surface area contributed by atoms with Gasteiger partial charge in [-0.25, -0.2) is 13.2 Å². The number of nitrogens with two attached hydrogens (primary N) is 1. The van der Waals surface area contributed by atoms with Crippen LogP contribution in [0, 0.1) is 17.5 Å². The summed E-state index contributed by atoms with van der Waals surface area (Å²) >= 11 is 0. The van der Waals surface area contributed by atoms with Gasteiger partial charge in [-0.1, -0.05) is 6.07 Å². The van der Waals surface area contributed by atoms with Crippen LogP contribution in [0.3, 0.4) is 0 Å². The van der Waals surface area contributed by atoms with Crippen LogP contribution in [0.5, 0.6) is 0 Å². The summed E-state index contributed by atoms with van der Waals surface area (Å²) in [6.07, 6.45) is 3.63. The maximum Gasteiger partial charge on any atom is 0.143 e. The smallest absolute Gasteiger partial charge is 0.143 e. The second-order valence-corrected chi connectivity index (χ2v) is 9.21. The fourth-order valence-electron chi connectivity index (χ4n) is 5.26. The second kappa shape index (κ2) is 9.07. The molecule has 0 radical (unpaired) electrons. The van der Waals surface area contributed by atoms with Gasteiger partial charge < -0.3 is 20.7 Å². The highest BCUT2D eigenvalue weighted by atomic mass is 19.1. The number of nitrogens with zero attached hydrogens (tertiary/aromatic N) is 3. The van der Waals surface area contributed by atoms with E-state index in [0.717, 1.165) is 42.8 Å². The Balaban J connectivity index is 1.55. The molecule has 36 heavy (non-hydrogen) atoms. The SMILES string of the molecule is Nc1cc(F)cnc1-c1ccc2ncc(-c3cc(F)cc(F)c3)c(N3CCC4NCCOC4C3)c2c1. The van der Waals surface area contributed by atoms with Crippen molar-refractivity contribution in [2.75, 3.05) is 36.9 Å². The van der Waals surface area contributed by atoms with Crippen molar-refractivity contribution >= 4 is 22.3 Å². The molecule has 2 aromatic carbocycles. The van der Waals surface area contributed by atoms with Crippen molar-refractivity contribution in [3.8, 4) is 22.4 Å². The van der Waals surface area contributed by atoms with Crippen LogP contribution < -0.4 is 16.0 Å². The molecule has 2 aliphatic rings. The Hall–Kier alpha value is -3.69.